The number of aliphatic hydroxyl groups is 1. The number of aromatic nitrogens is 2. The third kappa shape index (κ3) is 4.40. The largest absolute Gasteiger partial charge is 0.490 e. The monoisotopic (exact) mass is 382 g/mol. The fraction of sp³-hybridized carbons (Fsp3) is 0.364. The highest BCUT2D eigenvalue weighted by Gasteiger charge is 2.19. The van der Waals surface area contributed by atoms with Crippen LogP contribution in [0.2, 0.25) is 0 Å². The smallest absolute Gasteiger partial charge is 0.263 e. The molecule has 3 rings (SSSR count). The summed E-state index contributed by atoms with van der Waals surface area (Å²) in [5, 5.41) is 9.63. The Bertz CT molecular complexity index is 954. The topological polar surface area (TPSA) is 73.6 Å². The summed E-state index contributed by atoms with van der Waals surface area (Å²) in [6.07, 6.45) is 4.20. The van der Waals surface area contributed by atoms with Crippen LogP contribution < -0.4 is 10.3 Å². The summed E-state index contributed by atoms with van der Waals surface area (Å²) in [6, 6.07) is 13.3. The lowest BCUT2D eigenvalue weighted by Gasteiger charge is -2.18. The average molecular weight is 382 g/mol. The molecule has 0 bridgehead atoms. The highest BCUT2D eigenvalue weighted by atomic mass is 16.5. The van der Waals surface area contributed by atoms with Gasteiger partial charge in [0.2, 0.25) is 0 Å². The summed E-state index contributed by atoms with van der Waals surface area (Å²) in [5.74, 6) is 0.585. The predicted octanol–water partition coefficient (Wildman–Crippen LogP) is 3.12. The van der Waals surface area contributed by atoms with Crippen molar-refractivity contribution in [3.8, 4) is 11.4 Å². The Morgan fingerprint density at radius 3 is 2.64 bits per heavy atom. The first-order valence-electron chi connectivity index (χ1n) is 9.67. The number of rotatable bonds is 10. The molecule has 0 amide bonds. The summed E-state index contributed by atoms with van der Waals surface area (Å²) >= 11 is 0. The summed E-state index contributed by atoms with van der Waals surface area (Å²) in [4.78, 5) is 17.9. The van der Waals surface area contributed by atoms with Crippen molar-refractivity contribution < 1.29 is 14.6 Å². The van der Waals surface area contributed by atoms with E-state index in [0.717, 1.165) is 23.9 Å². The standard InChI is InChI=1S/C22H26N2O4/c1-2-3-10-19-20(28-16-15-27-14-13-25)18-11-7-12-23-21(18)24(22(19)26)17-8-5-4-6-9-17/h4-9,11-12,25H,2-3,10,13-16H2,1H3. The third-order valence-electron chi connectivity index (χ3n) is 4.48. The minimum absolute atomic E-state index is 0.0261. The van der Waals surface area contributed by atoms with E-state index >= 15 is 0 Å². The van der Waals surface area contributed by atoms with E-state index < -0.39 is 0 Å². The first-order chi connectivity index (χ1) is 13.8. The molecule has 3 aromatic rings. The first-order valence-corrected chi connectivity index (χ1v) is 9.67. The number of ether oxygens (including phenoxy) is 2. The van der Waals surface area contributed by atoms with Gasteiger partial charge in [-0.15, -0.1) is 0 Å². The van der Waals surface area contributed by atoms with E-state index in [2.05, 4.69) is 11.9 Å². The van der Waals surface area contributed by atoms with Crippen molar-refractivity contribution in [3.63, 3.8) is 0 Å². The molecule has 0 radical (unpaired) electrons. The highest BCUT2D eigenvalue weighted by Crippen LogP contribution is 2.29. The van der Waals surface area contributed by atoms with Gasteiger partial charge in [0.1, 0.15) is 12.4 Å². The molecular formula is C22H26N2O4. The van der Waals surface area contributed by atoms with Gasteiger partial charge in [-0.3, -0.25) is 9.36 Å². The second-order valence-corrected chi connectivity index (χ2v) is 6.45. The van der Waals surface area contributed by atoms with Crippen molar-refractivity contribution in [2.75, 3.05) is 26.4 Å². The lowest BCUT2D eigenvalue weighted by molar-refractivity contribution is 0.0706. The zero-order valence-corrected chi connectivity index (χ0v) is 16.1. The number of aliphatic hydroxyl groups excluding tert-OH is 1. The molecule has 0 aliphatic rings. The van der Waals surface area contributed by atoms with Crippen molar-refractivity contribution in [3.05, 3.63) is 64.6 Å². The molecule has 0 saturated carbocycles. The molecule has 28 heavy (non-hydrogen) atoms. The minimum Gasteiger partial charge on any atom is -0.490 e. The molecule has 6 heteroatoms. The van der Waals surface area contributed by atoms with Crippen LogP contribution in [0.4, 0.5) is 0 Å². The Kier molecular flexibility index (Phi) is 7.17. The highest BCUT2D eigenvalue weighted by molar-refractivity contribution is 5.85. The van der Waals surface area contributed by atoms with Gasteiger partial charge in [-0.05, 0) is 37.1 Å². The van der Waals surface area contributed by atoms with E-state index in [9.17, 15) is 4.79 Å². The van der Waals surface area contributed by atoms with Crippen LogP contribution in [0, 0.1) is 0 Å². The van der Waals surface area contributed by atoms with Gasteiger partial charge in [0, 0.05) is 6.20 Å². The predicted molar refractivity (Wildman–Crippen MR) is 109 cm³/mol. The summed E-state index contributed by atoms with van der Waals surface area (Å²) in [5.41, 5.74) is 1.92. The molecule has 148 valence electrons. The Morgan fingerprint density at radius 1 is 1.07 bits per heavy atom. The van der Waals surface area contributed by atoms with E-state index in [1.807, 2.05) is 42.5 Å². The molecule has 0 aliphatic carbocycles. The maximum atomic E-state index is 13.4. The van der Waals surface area contributed by atoms with E-state index in [1.165, 1.54) is 0 Å². The number of fused-ring (bicyclic) bond motifs is 1. The van der Waals surface area contributed by atoms with Crippen LogP contribution in [0.15, 0.2) is 53.5 Å². The lowest BCUT2D eigenvalue weighted by atomic mass is 10.1. The van der Waals surface area contributed by atoms with Crippen LogP contribution in [-0.2, 0) is 11.2 Å². The van der Waals surface area contributed by atoms with Crippen molar-refractivity contribution in [2.24, 2.45) is 0 Å². The van der Waals surface area contributed by atoms with Crippen LogP contribution in [0.3, 0.4) is 0 Å². The van der Waals surface area contributed by atoms with Gasteiger partial charge in [0.05, 0.1) is 36.5 Å². The van der Waals surface area contributed by atoms with Crippen molar-refractivity contribution in [1.82, 2.24) is 9.55 Å². The van der Waals surface area contributed by atoms with E-state index in [4.69, 9.17) is 14.6 Å². The molecule has 0 spiro atoms. The van der Waals surface area contributed by atoms with Crippen molar-refractivity contribution >= 4 is 11.0 Å². The Labute approximate surface area is 164 Å². The Morgan fingerprint density at radius 2 is 1.89 bits per heavy atom. The zero-order chi connectivity index (χ0) is 19.8. The van der Waals surface area contributed by atoms with Gasteiger partial charge in [-0.2, -0.15) is 0 Å². The molecule has 6 nitrogen and oxygen atoms in total. The number of hydrogen-bond acceptors (Lipinski definition) is 5. The maximum Gasteiger partial charge on any atom is 0.263 e. The van der Waals surface area contributed by atoms with E-state index in [-0.39, 0.29) is 18.8 Å². The quantitative estimate of drug-likeness (QED) is 0.546. The summed E-state index contributed by atoms with van der Waals surface area (Å²) < 4.78 is 13.0. The van der Waals surface area contributed by atoms with Crippen LogP contribution >= 0.6 is 0 Å². The molecule has 1 aromatic carbocycles. The minimum atomic E-state index is -0.0999. The van der Waals surface area contributed by atoms with Gasteiger partial charge in [-0.1, -0.05) is 31.5 Å². The second kappa shape index (κ2) is 10.0. The molecular weight excluding hydrogens is 356 g/mol. The van der Waals surface area contributed by atoms with E-state index in [1.54, 1.807) is 10.8 Å². The molecule has 0 saturated heterocycles. The number of para-hydroxylation sites is 1. The fourth-order valence-corrected chi connectivity index (χ4v) is 3.17. The number of pyridine rings is 2. The molecule has 1 N–H and O–H groups in total. The molecule has 0 atom stereocenters. The molecule has 0 aliphatic heterocycles. The van der Waals surface area contributed by atoms with Gasteiger partial charge in [0.15, 0.2) is 5.65 Å². The van der Waals surface area contributed by atoms with Crippen LogP contribution in [0.5, 0.6) is 5.75 Å². The van der Waals surface area contributed by atoms with Gasteiger partial charge in [-0.25, -0.2) is 4.98 Å². The summed E-state index contributed by atoms with van der Waals surface area (Å²) in [6.45, 7) is 2.99. The second-order valence-electron chi connectivity index (χ2n) is 6.45. The summed E-state index contributed by atoms with van der Waals surface area (Å²) in [7, 11) is 0. The number of nitrogens with zero attached hydrogens (tertiary/aromatic N) is 2. The van der Waals surface area contributed by atoms with Crippen LogP contribution in [0.1, 0.15) is 25.3 Å². The number of unbranched alkanes of at least 4 members (excludes halogenated alkanes) is 1. The first kappa shape index (κ1) is 20.0. The Hall–Kier alpha value is -2.70. The lowest BCUT2D eigenvalue weighted by Crippen LogP contribution is -2.25. The molecule has 0 unspecified atom stereocenters. The van der Waals surface area contributed by atoms with Crippen LogP contribution in [0.25, 0.3) is 16.7 Å². The third-order valence-corrected chi connectivity index (χ3v) is 4.48. The Balaban J connectivity index is 2.11. The maximum absolute atomic E-state index is 13.4. The van der Waals surface area contributed by atoms with Gasteiger partial charge < -0.3 is 14.6 Å². The van der Waals surface area contributed by atoms with Crippen LogP contribution in [-0.4, -0.2) is 41.1 Å². The van der Waals surface area contributed by atoms with Crippen molar-refractivity contribution in [1.29, 1.82) is 0 Å². The molecule has 0 fully saturated rings. The van der Waals surface area contributed by atoms with Crippen molar-refractivity contribution in [2.45, 2.75) is 26.2 Å². The fourth-order valence-electron chi connectivity index (χ4n) is 3.17. The molecule has 2 aromatic heterocycles. The zero-order valence-electron chi connectivity index (χ0n) is 16.1. The van der Waals surface area contributed by atoms with E-state index in [0.29, 0.717) is 36.6 Å². The SMILES string of the molecule is CCCCc1c(OCCOCCO)c2cccnc2n(-c2ccccc2)c1=O. The number of benzene rings is 1. The number of hydrogen-bond donors (Lipinski definition) is 1. The molecule has 2 heterocycles. The average Bonchev–Trinajstić information content (AvgIpc) is 2.73. The van der Waals surface area contributed by atoms with Gasteiger partial charge in [0.25, 0.3) is 5.56 Å². The van der Waals surface area contributed by atoms with Gasteiger partial charge >= 0.3 is 0 Å². The normalized spacial score (nSPS) is 11.1.